The van der Waals surface area contributed by atoms with Crippen molar-refractivity contribution in [2.24, 2.45) is 0 Å². The predicted molar refractivity (Wildman–Crippen MR) is 75.3 cm³/mol. The number of hydrogen-bond acceptors (Lipinski definition) is 3. The van der Waals surface area contributed by atoms with Gasteiger partial charge in [0.25, 0.3) is 0 Å². The second-order valence-corrected chi connectivity index (χ2v) is 5.25. The molecule has 3 N–H and O–H groups in total. The fourth-order valence-corrected chi connectivity index (χ4v) is 1.74. The summed E-state index contributed by atoms with van der Waals surface area (Å²) in [6, 6.07) is 3.57. The number of aromatic carboxylic acids is 1. The number of benzene rings is 1. The van der Waals surface area contributed by atoms with E-state index in [-0.39, 0.29) is 11.1 Å². The molecule has 0 aromatic heterocycles. The van der Waals surface area contributed by atoms with Crippen LogP contribution in [0.1, 0.15) is 43.1 Å². The maximum atomic E-state index is 11.2. The minimum Gasteiger partial charge on any atom is -0.478 e. The van der Waals surface area contributed by atoms with Crippen LogP contribution in [-0.2, 0) is 0 Å². The van der Waals surface area contributed by atoms with E-state index in [1.807, 2.05) is 20.0 Å². The van der Waals surface area contributed by atoms with Crippen molar-refractivity contribution in [2.75, 3.05) is 17.7 Å². The van der Waals surface area contributed by atoms with E-state index in [1.165, 1.54) is 0 Å². The molecule has 0 unspecified atom stereocenters. The van der Waals surface area contributed by atoms with Crippen molar-refractivity contribution >= 4 is 17.3 Å². The van der Waals surface area contributed by atoms with Crippen molar-refractivity contribution in [1.82, 2.24) is 0 Å². The molecule has 0 radical (unpaired) electrons. The van der Waals surface area contributed by atoms with Gasteiger partial charge in [-0.05, 0) is 44.9 Å². The molecule has 18 heavy (non-hydrogen) atoms. The average Bonchev–Trinajstić information content (AvgIpc) is 2.31. The number of aryl methyl sites for hydroxylation is 1. The molecule has 0 heterocycles. The summed E-state index contributed by atoms with van der Waals surface area (Å²) in [5, 5.41) is 9.16. The van der Waals surface area contributed by atoms with Gasteiger partial charge in [0.15, 0.2) is 0 Å². The topological polar surface area (TPSA) is 66.6 Å². The standard InChI is InChI=1S/C14H22N2O2/c1-6-14(3,4)16(5)10-7-9(2)12(15)11(8-10)13(17)18/h7-8H,6,15H2,1-5H3,(H,17,18). The minimum atomic E-state index is -0.986. The lowest BCUT2D eigenvalue weighted by molar-refractivity contribution is 0.0698. The lowest BCUT2D eigenvalue weighted by Gasteiger charge is -2.37. The molecule has 0 spiro atoms. The SMILES string of the molecule is CCC(C)(C)N(C)c1cc(C)c(N)c(C(=O)O)c1. The van der Waals surface area contributed by atoms with E-state index >= 15 is 0 Å². The summed E-state index contributed by atoms with van der Waals surface area (Å²) in [6.45, 7) is 8.19. The average molecular weight is 250 g/mol. The van der Waals surface area contributed by atoms with Gasteiger partial charge in [-0.3, -0.25) is 0 Å². The van der Waals surface area contributed by atoms with Crippen molar-refractivity contribution < 1.29 is 9.90 Å². The van der Waals surface area contributed by atoms with Crippen LogP contribution in [0, 0.1) is 6.92 Å². The van der Waals surface area contributed by atoms with Crippen molar-refractivity contribution in [3.63, 3.8) is 0 Å². The van der Waals surface area contributed by atoms with Crippen LogP contribution in [0.25, 0.3) is 0 Å². The van der Waals surface area contributed by atoms with Gasteiger partial charge >= 0.3 is 5.97 Å². The highest BCUT2D eigenvalue weighted by molar-refractivity contribution is 5.95. The summed E-state index contributed by atoms with van der Waals surface area (Å²) >= 11 is 0. The lowest BCUT2D eigenvalue weighted by atomic mass is 9.97. The fourth-order valence-electron chi connectivity index (χ4n) is 1.74. The second-order valence-electron chi connectivity index (χ2n) is 5.25. The quantitative estimate of drug-likeness (QED) is 0.806. The molecule has 0 saturated carbocycles. The molecular weight excluding hydrogens is 228 g/mol. The van der Waals surface area contributed by atoms with Gasteiger partial charge in [0.1, 0.15) is 0 Å². The Bertz CT molecular complexity index is 467. The Morgan fingerprint density at radius 2 is 2.00 bits per heavy atom. The maximum Gasteiger partial charge on any atom is 0.337 e. The van der Waals surface area contributed by atoms with Crippen molar-refractivity contribution in [2.45, 2.75) is 39.7 Å². The van der Waals surface area contributed by atoms with Crippen molar-refractivity contribution in [3.8, 4) is 0 Å². The summed E-state index contributed by atoms with van der Waals surface area (Å²) in [7, 11) is 1.97. The molecule has 0 atom stereocenters. The number of carboxylic acid groups (broad SMARTS) is 1. The maximum absolute atomic E-state index is 11.2. The van der Waals surface area contributed by atoms with E-state index in [0.29, 0.717) is 5.69 Å². The van der Waals surface area contributed by atoms with Gasteiger partial charge in [-0.1, -0.05) is 6.92 Å². The molecule has 100 valence electrons. The van der Waals surface area contributed by atoms with Gasteiger partial charge in [-0.25, -0.2) is 4.79 Å². The Labute approximate surface area is 108 Å². The zero-order chi connectivity index (χ0) is 14.1. The predicted octanol–water partition coefficient (Wildman–Crippen LogP) is 2.90. The molecule has 0 bridgehead atoms. The summed E-state index contributed by atoms with van der Waals surface area (Å²) in [5.41, 5.74) is 7.95. The first-order chi connectivity index (χ1) is 8.20. The number of nitrogen functional groups attached to an aromatic ring is 1. The number of carbonyl (C=O) groups is 1. The Morgan fingerprint density at radius 1 is 1.44 bits per heavy atom. The summed E-state index contributed by atoms with van der Waals surface area (Å²) < 4.78 is 0. The van der Waals surface area contributed by atoms with Crippen LogP contribution in [0.3, 0.4) is 0 Å². The molecule has 0 aliphatic heterocycles. The molecule has 0 fully saturated rings. The molecule has 0 aliphatic carbocycles. The first-order valence-electron chi connectivity index (χ1n) is 6.08. The number of nitrogens with zero attached hydrogens (tertiary/aromatic N) is 1. The number of hydrogen-bond donors (Lipinski definition) is 2. The van der Waals surface area contributed by atoms with E-state index < -0.39 is 5.97 Å². The van der Waals surface area contributed by atoms with Gasteiger partial charge in [-0.15, -0.1) is 0 Å². The first kappa shape index (κ1) is 14.4. The Hall–Kier alpha value is -1.71. The van der Waals surface area contributed by atoms with E-state index in [2.05, 4.69) is 25.7 Å². The third-order valence-corrected chi connectivity index (χ3v) is 3.76. The highest BCUT2D eigenvalue weighted by Gasteiger charge is 2.23. The molecule has 1 aromatic carbocycles. The van der Waals surface area contributed by atoms with E-state index in [0.717, 1.165) is 17.7 Å². The zero-order valence-corrected chi connectivity index (χ0v) is 11.7. The number of anilines is 2. The zero-order valence-electron chi connectivity index (χ0n) is 11.7. The lowest BCUT2D eigenvalue weighted by Crippen LogP contribution is -2.40. The molecule has 1 rings (SSSR count). The summed E-state index contributed by atoms with van der Waals surface area (Å²) in [4.78, 5) is 13.3. The minimum absolute atomic E-state index is 0.0294. The molecule has 4 heteroatoms. The first-order valence-corrected chi connectivity index (χ1v) is 6.08. The largest absolute Gasteiger partial charge is 0.478 e. The normalized spacial score (nSPS) is 11.4. The molecule has 0 saturated heterocycles. The molecule has 0 aliphatic rings. The van der Waals surface area contributed by atoms with E-state index in [9.17, 15) is 4.79 Å². The Morgan fingerprint density at radius 3 is 2.44 bits per heavy atom. The number of carboxylic acids is 1. The van der Waals surface area contributed by atoms with Gasteiger partial charge in [0, 0.05) is 24.0 Å². The highest BCUT2D eigenvalue weighted by Crippen LogP contribution is 2.30. The fraction of sp³-hybridized carbons (Fsp3) is 0.500. The number of nitrogens with two attached hydrogens (primary N) is 1. The second kappa shape index (κ2) is 4.88. The van der Waals surface area contributed by atoms with Gasteiger partial charge < -0.3 is 15.7 Å². The van der Waals surface area contributed by atoms with Crippen LogP contribution in [0.5, 0.6) is 0 Å². The number of rotatable bonds is 4. The van der Waals surface area contributed by atoms with Crippen LogP contribution in [0.2, 0.25) is 0 Å². The Kier molecular flexibility index (Phi) is 3.89. The summed E-state index contributed by atoms with van der Waals surface area (Å²) in [5.74, 6) is -0.986. The highest BCUT2D eigenvalue weighted by atomic mass is 16.4. The van der Waals surface area contributed by atoms with Gasteiger partial charge in [-0.2, -0.15) is 0 Å². The van der Waals surface area contributed by atoms with Crippen molar-refractivity contribution in [1.29, 1.82) is 0 Å². The van der Waals surface area contributed by atoms with Crippen LogP contribution in [-0.4, -0.2) is 23.7 Å². The van der Waals surface area contributed by atoms with Crippen LogP contribution in [0.15, 0.2) is 12.1 Å². The van der Waals surface area contributed by atoms with Crippen LogP contribution in [0.4, 0.5) is 11.4 Å². The molecule has 1 aromatic rings. The van der Waals surface area contributed by atoms with Gasteiger partial charge in [0.2, 0.25) is 0 Å². The third-order valence-electron chi connectivity index (χ3n) is 3.76. The van der Waals surface area contributed by atoms with Crippen LogP contribution >= 0.6 is 0 Å². The smallest absolute Gasteiger partial charge is 0.337 e. The van der Waals surface area contributed by atoms with E-state index in [1.54, 1.807) is 6.07 Å². The third kappa shape index (κ3) is 2.58. The van der Waals surface area contributed by atoms with Gasteiger partial charge in [0.05, 0.1) is 5.56 Å². The molecule has 0 amide bonds. The molecule has 4 nitrogen and oxygen atoms in total. The monoisotopic (exact) mass is 250 g/mol. The van der Waals surface area contributed by atoms with Crippen molar-refractivity contribution in [3.05, 3.63) is 23.3 Å². The Balaban J connectivity index is 3.31. The summed E-state index contributed by atoms with van der Waals surface area (Å²) in [6.07, 6.45) is 0.968. The molecular formula is C14H22N2O2. The van der Waals surface area contributed by atoms with E-state index in [4.69, 9.17) is 10.8 Å². The van der Waals surface area contributed by atoms with Crippen LogP contribution < -0.4 is 10.6 Å².